The number of amides is 2. The highest BCUT2D eigenvalue weighted by molar-refractivity contribution is 5.95. The largest absolute Gasteiger partial charge is 0.463 e. The number of carbonyl (C=O) groups is 2. The van der Waals surface area contributed by atoms with Crippen LogP contribution < -0.4 is 4.90 Å². The SMILES string of the molecule is CCOC(=O)/C=C/C1Cc2ccc(C)cc2N1C(=O)N(C)C. The van der Waals surface area contributed by atoms with E-state index in [9.17, 15) is 9.59 Å². The molecule has 1 heterocycles. The smallest absolute Gasteiger partial charge is 0.330 e. The van der Waals surface area contributed by atoms with Gasteiger partial charge in [-0.1, -0.05) is 18.2 Å². The third-order valence-electron chi connectivity index (χ3n) is 3.59. The predicted octanol–water partition coefficient (Wildman–Crippen LogP) is 2.53. The molecule has 1 unspecified atom stereocenters. The predicted molar refractivity (Wildman–Crippen MR) is 86.0 cm³/mol. The summed E-state index contributed by atoms with van der Waals surface area (Å²) in [7, 11) is 3.45. The molecule has 2 amide bonds. The lowest BCUT2D eigenvalue weighted by molar-refractivity contribution is -0.137. The van der Waals surface area contributed by atoms with Gasteiger partial charge in [-0.2, -0.15) is 0 Å². The van der Waals surface area contributed by atoms with Crippen molar-refractivity contribution < 1.29 is 14.3 Å². The van der Waals surface area contributed by atoms with Crippen molar-refractivity contribution in [3.05, 3.63) is 41.5 Å². The number of urea groups is 1. The highest BCUT2D eigenvalue weighted by atomic mass is 16.5. The van der Waals surface area contributed by atoms with Gasteiger partial charge < -0.3 is 9.64 Å². The number of rotatable bonds is 3. The molecule has 22 heavy (non-hydrogen) atoms. The Balaban J connectivity index is 2.31. The number of esters is 1. The van der Waals surface area contributed by atoms with Gasteiger partial charge in [0, 0.05) is 25.9 Å². The fourth-order valence-electron chi connectivity index (χ4n) is 2.56. The van der Waals surface area contributed by atoms with Crippen LogP contribution in [0.2, 0.25) is 0 Å². The zero-order valence-electron chi connectivity index (χ0n) is 13.5. The van der Waals surface area contributed by atoms with E-state index in [0.29, 0.717) is 13.0 Å². The molecule has 0 saturated carbocycles. The zero-order valence-corrected chi connectivity index (χ0v) is 13.5. The van der Waals surface area contributed by atoms with Crippen LogP contribution in [0, 0.1) is 6.92 Å². The minimum Gasteiger partial charge on any atom is -0.463 e. The first-order chi connectivity index (χ1) is 10.4. The number of ether oxygens (including phenoxy) is 1. The maximum Gasteiger partial charge on any atom is 0.330 e. The molecule has 0 spiro atoms. The first kappa shape index (κ1) is 16.1. The van der Waals surface area contributed by atoms with Gasteiger partial charge in [-0.15, -0.1) is 0 Å². The molecule has 0 fully saturated rings. The molecule has 0 aromatic heterocycles. The Kier molecular flexibility index (Phi) is 4.85. The number of fused-ring (bicyclic) bond motifs is 1. The number of anilines is 1. The van der Waals surface area contributed by atoms with Crippen molar-refractivity contribution in [2.45, 2.75) is 26.3 Å². The van der Waals surface area contributed by atoms with Crippen molar-refractivity contribution in [1.29, 1.82) is 0 Å². The van der Waals surface area contributed by atoms with Crippen LogP contribution in [-0.2, 0) is 16.0 Å². The van der Waals surface area contributed by atoms with Crippen LogP contribution in [0.1, 0.15) is 18.1 Å². The molecule has 0 saturated heterocycles. The van der Waals surface area contributed by atoms with Gasteiger partial charge in [0.15, 0.2) is 0 Å². The van der Waals surface area contributed by atoms with Gasteiger partial charge >= 0.3 is 12.0 Å². The summed E-state index contributed by atoms with van der Waals surface area (Å²) in [5.74, 6) is -0.383. The molecule has 5 heteroatoms. The van der Waals surface area contributed by atoms with Crippen molar-refractivity contribution in [2.75, 3.05) is 25.6 Å². The molecule has 0 bridgehead atoms. The lowest BCUT2D eigenvalue weighted by atomic mass is 10.1. The minimum absolute atomic E-state index is 0.0946. The van der Waals surface area contributed by atoms with Crippen molar-refractivity contribution in [3.8, 4) is 0 Å². The average Bonchev–Trinajstić information content (AvgIpc) is 2.82. The number of hydrogen-bond donors (Lipinski definition) is 0. The number of carbonyl (C=O) groups excluding carboxylic acids is 2. The molecule has 118 valence electrons. The van der Waals surface area contributed by atoms with Crippen molar-refractivity contribution in [2.24, 2.45) is 0 Å². The third-order valence-corrected chi connectivity index (χ3v) is 3.59. The molecule has 1 aromatic carbocycles. The van der Waals surface area contributed by atoms with Crippen LogP contribution >= 0.6 is 0 Å². The van der Waals surface area contributed by atoms with Gasteiger partial charge in [-0.3, -0.25) is 4.90 Å². The fraction of sp³-hybridized carbons (Fsp3) is 0.412. The highest BCUT2D eigenvalue weighted by Gasteiger charge is 2.33. The number of benzene rings is 1. The number of nitrogens with zero attached hydrogens (tertiary/aromatic N) is 2. The standard InChI is InChI=1S/C17H22N2O3/c1-5-22-16(20)9-8-14-11-13-7-6-12(2)10-15(13)19(14)17(21)18(3)4/h6-10,14H,5,11H2,1-4H3/b9-8+. The van der Waals surface area contributed by atoms with Crippen LogP contribution in [0.25, 0.3) is 0 Å². The molecular formula is C17H22N2O3. The quantitative estimate of drug-likeness (QED) is 0.637. The van der Waals surface area contributed by atoms with Gasteiger partial charge in [-0.25, -0.2) is 9.59 Å². The third kappa shape index (κ3) is 3.30. The topological polar surface area (TPSA) is 49.9 Å². The van der Waals surface area contributed by atoms with E-state index in [-0.39, 0.29) is 18.0 Å². The molecule has 0 radical (unpaired) electrons. The van der Waals surface area contributed by atoms with Crippen LogP contribution in [0.15, 0.2) is 30.4 Å². The molecule has 5 nitrogen and oxygen atoms in total. The van der Waals surface area contributed by atoms with E-state index in [1.807, 2.05) is 25.1 Å². The van der Waals surface area contributed by atoms with Crippen LogP contribution in [0.5, 0.6) is 0 Å². The molecule has 1 atom stereocenters. The summed E-state index contributed by atoms with van der Waals surface area (Å²) in [6.07, 6.45) is 3.85. The Morgan fingerprint density at radius 2 is 2.14 bits per heavy atom. The van der Waals surface area contributed by atoms with E-state index in [0.717, 1.165) is 16.8 Å². The van der Waals surface area contributed by atoms with Gasteiger partial charge in [0.1, 0.15) is 0 Å². The van der Waals surface area contributed by atoms with Crippen LogP contribution in [0.4, 0.5) is 10.5 Å². The van der Waals surface area contributed by atoms with E-state index >= 15 is 0 Å². The highest BCUT2D eigenvalue weighted by Crippen LogP contribution is 2.34. The Morgan fingerprint density at radius 3 is 2.77 bits per heavy atom. The maximum absolute atomic E-state index is 12.5. The minimum atomic E-state index is -0.383. The summed E-state index contributed by atoms with van der Waals surface area (Å²) in [6.45, 7) is 4.11. The Hall–Kier alpha value is -2.30. The molecule has 2 rings (SSSR count). The van der Waals surface area contributed by atoms with Crippen molar-refractivity contribution in [1.82, 2.24) is 4.90 Å². The lowest BCUT2D eigenvalue weighted by Crippen LogP contribution is -2.43. The maximum atomic E-state index is 12.5. The summed E-state index contributed by atoms with van der Waals surface area (Å²) < 4.78 is 4.90. The number of hydrogen-bond acceptors (Lipinski definition) is 3. The monoisotopic (exact) mass is 302 g/mol. The van der Waals surface area contributed by atoms with Crippen LogP contribution in [-0.4, -0.2) is 43.6 Å². The fourth-order valence-corrected chi connectivity index (χ4v) is 2.56. The van der Waals surface area contributed by atoms with Gasteiger partial charge in [0.25, 0.3) is 0 Å². The zero-order chi connectivity index (χ0) is 16.3. The molecule has 1 aliphatic rings. The molecular weight excluding hydrogens is 280 g/mol. The lowest BCUT2D eigenvalue weighted by Gasteiger charge is -2.27. The first-order valence-corrected chi connectivity index (χ1v) is 7.39. The van der Waals surface area contributed by atoms with E-state index in [4.69, 9.17) is 4.74 Å². The summed E-state index contributed by atoms with van der Waals surface area (Å²) in [6, 6.07) is 5.82. The van der Waals surface area contributed by atoms with Gasteiger partial charge in [0.05, 0.1) is 12.6 Å². The van der Waals surface area contributed by atoms with Crippen LogP contribution in [0.3, 0.4) is 0 Å². The molecule has 0 N–H and O–H groups in total. The van der Waals surface area contributed by atoms with Crippen molar-refractivity contribution in [3.63, 3.8) is 0 Å². The summed E-state index contributed by atoms with van der Waals surface area (Å²) in [4.78, 5) is 27.3. The van der Waals surface area contributed by atoms with Crippen molar-refractivity contribution >= 4 is 17.7 Å². The second-order valence-electron chi connectivity index (χ2n) is 5.56. The molecule has 1 aliphatic heterocycles. The summed E-state index contributed by atoms with van der Waals surface area (Å²) in [5, 5.41) is 0. The Labute approximate surface area is 131 Å². The summed E-state index contributed by atoms with van der Waals surface area (Å²) >= 11 is 0. The van der Waals surface area contributed by atoms with E-state index in [1.165, 1.54) is 6.08 Å². The second-order valence-corrected chi connectivity index (χ2v) is 5.56. The van der Waals surface area contributed by atoms with Gasteiger partial charge in [-0.05, 0) is 37.5 Å². The Bertz CT molecular complexity index is 608. The van der Waals surface area contributed by atoms with E-state index in [2.05, 4.69) is 0 Å². The number of aryl methyl sites for hydroxylation is 1. The molecule has 0 aliphatic carbocycles. The summed E-state index contributed by atoms with van der Waals surface area (Å²) in [5.41, 5.74) is 3.13. The normalized spacial score (nSPS) is 16.7. The first-order valence-electron chi connectivity index (χ1n) is 7.39. The van der Waals surface area contributed by atoms with E-state index in [1.54, 1.807) is 36.9 Å². The Morgan fingerprint density at radius 1 is 1.41 bits per heavy atom. The molecule has 1 aromatic rings. The average molecular weight is 302 g/mol. The van der Waals surface area contributed by atoms with E-state index < -0.39 is 0 Å². The second kappa shape index (κ2) is 6.64. The van der Waals surface area contributed by atoms with Gasteiger partial charge in [0.2, 0.25) is 0 Å².